The number of hydrogen-bond acceptors (Lipinski definition) is 2. The molecule has 1 heterocycles. The summed E-state index contributed by atoms with van der Waals surface area (Å²) in [5, 5.41) is 1.97. The first-order valence-electron chi connectivity index (χ1n) is 6.96. The van der Waals surface area contributed by atoms with Crippen molar-refractivity contribution in [2.24, 2.45) is 0 Å². The van der Waals surface area contributed by atoms with Gasteiger partial charge in [0.25, 0.3) is 0 Å². The predicted molar refractivity (Wildman–Crippen MR) is 90.2 cm³/mol. The average molecular weight is 342 g/mol. The molecule has 3 rings (SSSR count). The molecule has 3 heteroatoms. The summed E-state index contributed by atoms with van der Waals surface area (Å²) in [6.07, 6.45) is 1.80. The molecule has 0 amide bonds. The second-order valence-electron chi connectivity index (χ2n) is 4.90. The largest absolute Gasteiger partial charge is 0.491 e. The highest BCUT2D eigenvalue weighted by Crippen LogP contribution is 2.25. The zero-order valence-electron chi connectivity index (χ0n) is 11.6. The van der Waals surface area contributed by atoms with Crippen molar-refractivity contribution < 1.29 is 4.74 Å². The van der Waals surface area contributed by atoms with Crippen molar-refractivity contribution in [3.63, 3.8) is 0 Å². The third-order valence-electron chi connectivity index (χ3n) is 3.49. The Kier molecular flexibility index (Phi) is 4.51. The van der Waals surface area contributed by atoms with E-state index in [0.29, 0.717) is 12.5 Å². The van der Waals surface area contributed by atoms with Gasteiger partial charge >= 0.3 is 0 Å². The van der Waals surface area contributed by atoms with Crippen LogP contribution in [0.15, 0.2) is 66.9 Å². The van der Waals surface area contributed by atoms with Gasteiger partial charge in [-0.3, -0.25) is 4.98 Å². The lowest BCUT2D eigenvalue weighted by Crippen LogP contribution is -2.12. The lowest BCUT2D eigenvalue weighted by atomic mass is 10.0. The van der Waals surface area contributed by atoms with E-state index in [1.165, 1.54) is 5.56 Å². The Morgan fingerprint density at radius 1 is 0.952 bits per heavy atom. The van der Waals surface area contributed by atoms with Gasteiger partial charge in [0.05, 0.1) is 6.61 Å². The van der Waals surface area contributed by atoms with Crippen LogP contribution in [0.25, 0.3) is 10.9 Å². The first kappa shape index (κ1) is 14.1. The monoisotopic (exact) mass is 341 g/mol. The highest BCUT2D eigenvalue weighted by Gasteiger charge is 2.12. The molecule has 2 nitrogen and oxygen atoms in total. The van der Waals surface area contributed by atoms with Crippen LogP contribution >= 0.6 is 15.9 Å². The van der Waals surface area contributed by atoms with Gasteiger partial charge in [-0.25, -0.2) is 0 Å². The molecular formula is C18H16BrNO. The van der Waals surface area contributed by atoms with Gasteiger partial charge < -0.3 is 4.74 Å². The zero-order valence-corrected chi connectivity index (χ0v) is 13.2. The normalized spacial score (nSPS) is 12.2. The van der Waals surface area contributed by atoms with Gasteiger partial charge in [-0.2, -0.15) is 0 Å². The Morgan fingerprint density at radius 2 is 1.76 bits per heavy atom. The quantitative estimate of drug-likeness (QED) is 0.622. The Bertz CT molecular complexity index is 709. The number of rotatable bonds is 5. The second kappa shape index (κ2) is 6.72. The zero-order chi connectivity index (χ0) is 14.5. The molecule has 0 saturated carbocycles. The molecule has 0 bridgehead atoms. The number of aromatic nitrogens is 1. The van der Waals surface area contributed by atoms with Crippen LogP contribution in [0.5, 0.6) is 5.75 Å². The van der Waals surface area contributed by atoms with Gasteiger partial charge in [0.2, 0.25) is 0 Å². The van der Waals surface area contributed by atoms with Crippen LogP contribution in [0, 0.1) is 0 Å². The number of hydrogen-bond donors (Lipinski definition) is 0. The fourth-order valence-electron chi connectivity index (χ4n) is 2.34. The van der Waals surface area contributed by atoms with Crippen LogP contribution in [0.3, 0.4) is 0 Å². The minimum Gasteiger partial charge on any atom is -0.491 e. The average Bonchev–Trinajstić information content (AvgIpc) is 2.56. The Hall–Kier alpha value is -1.87. The summed E-state index contributed by atoms with van der Waals surface area (Å²) in [5.74, 6) is 1.17. The fourth-order valence-corrected chi connectivity index (χ4v) is 2.90. The molecule has 21 heavy (non-hydrogen) atoms. The highest BCUT2D eigenvalue weighted by atomic mass is 79.9. The maximum atomic E-state index is 6.03. The number of pyridine rings is 1. The molecule has 0 N–H and O–H groups in total. The van der Waals surface area contributed by atoms with E-state index in [4.69, 9.17) is 4.74 Å². The smallest absolute Gasteiger partial charge is 0.145 e. The standard InChI is InChI=1S/C18H16BrNO/c19-12-16(14-6-2-1-3-7-14)13-21-17-10-4-8-15-9-5-11-20-18(15)17/h1-11,16H,12-13H2. The summed E-state index contributed by atoms with van der Waals surface area (Å²) in [6.45, 7) is 0.630. The van der Waals surface area contributed by atoms with E-state index in [2.05, 4.69) is 45.2 Å². The molecule has 0 fully saturated rings. The van der Waals surface area contributed by atoms with Crippen LogP contribution in [0.1, 0.15) is 11.5 Å². The van der Waals surface area contributed by atoms with E-state index < -0.39 is 0 Å². The molecule has 106 valence electrons. The predicted octanol–water partition coefficient (Wildman–Crippen LogP) is 4.79. The number of fused-ring (bicyclic) bond motifs is 1. The van der Waals surface area contributed by atoms with E-state index in [0.717, 1.165) is 22.0 Å². The molecular weight excluding hydrogens is 326 g/mol. The van der Waals surface area contributed by atoms with E-state index in [-0.39, 0.29) is 0 Å². The van der Waals surface area contributed by atoms with Crippen molar-refractivity contribution in [2.75, 3.05) is 11.9 Å². The van der Waals surface area contributed by atoms with Gasteiger partial charge in [-0.1, -0.05) is 64.5 Å². The van der Waals surface area contributed by atoms with E-state index in [1.54, 1.807) is 6.20 Å². The summed E-state index contributed by atoms with van der Waals surface area (Å²) < 4.78 is 6.03. The third-order valence-corrected chi connectivity index (χ3v) is 4.27. The minimum absolute atomic E-state index is 0.324. The Balaban J connectivity index is 1.79. The molecule has 1 atom stereocenters. The van der Waals surface area contributed by atoms with Crippen molar-refractivity contribution in [3.8, 4) is 5.75 Å². The van der Waals surface area contributed by atoms with E-state index in [9.17, 15) is 0 Å². The molecule has 3 aromatic rings. The highest BCUT2D eigenvalue weighted by molar-refractivity contribution is 9.09. The maximum absolute atomic E-state index is 6.03. The van der Waals surface area contributed by atoms with E-state index in [1.807, 2.05) is 36.4 Å². The van der Waals surface area contributed by atoms with Gasteiger partial charge in [0.15, 0.2) is 0 Å². The third kappa shape index (κ3) is 3.24. The maximum Gasteiger partial charge on any atom is 0.145 e. The summed E-state index contributed by atoms with van der Waals surface area (Å²) in [5.41, 5.74) is 2.20. The summed E-state index contributed by atoms with van der Waals surface area (Å²) in [6, 6.07) is 20.4. The van der Waals surface area contributed by atoms with Crippen molar-refractivity contribution >= 4 is 26.8 Å². The number of para-hydroxylation sites is 1. The molecule has 2 aromatic carbocycles. The number of alkyl halides is 1. The molecule has 0 aliphatic rings. The van der Waals surface area contributed by atoms with Crippen LogP contribution < -0.4 is 4.74 Å². The number of halogens is 1. The van der Waals surface area contributed by atoms with E-state index >= 15 is 0 Å². The molecule has 0 spiro atoms. The van der Waals surface area contributed by atoms with Gasteiger partial charge in [-0.05, 0) is 17.7 Å². The first-order valence-corrected chi connectivity index (χ1v) is 8.08. The molecule has 1 aromatic heterocycles. The molecule has 0 radical (unpaired) electrons. The van der Waals surface area contributed by atoms with Crippen LogP contribution in [-0.2, 0) is 0 Å². The first-order chi connectivity index (χ1) is 10.4. The summed E-state index contributed by atoms with van der Waals surface area (Å²) in [7, 11) is 0. The fraction of sp³-hybridized carbons (Fsp3) is 0.167. The lowest BCUT2D eigenvalue weighted by Gasteiger charge is -2.16. The Morgan fingerprint density at radius 3 is 2.57 bits per heavy atom. The van der Waals surface area contributed by atoms with Crippen LogP contribution in [0.2, 0.25) is 0 Å². The van der Waals surface area contributed by atoms with Crippen molar-refractivity contribution in [1.82, 2.24) is 4.98 Å². The molecule has 0 aliphatic carbocycles. The summed E-state index contributed by atoms with van der Waals surface area (Å²) >= 11 is 3.58. The SMILES string of the molecule is BrCC(COc1cccc2cccnc12)c1ccccc1. The van der Waals surface area contributed by atoms with Crippen molar-refractivity contribution in [3.05, 3.63) is 72.4 Å². The van der Waals surface area contributed by atoms with Crippen molar-refractivity contribution in [1.29, 1.82) is 0 Å². The van der Waals surface area contributed by atoms with Gasteiger partial charge in [0, 0.05) is 22.8 Å². The van der Waals surface area contributed by atoms with Crippen LogP contribution in [0.4, 0.5) is 0 Å². The topological polar surface area (TPSA) is 22.1 Å². The molecule has 0 aliphatic heterocycles. The number of benzene rings is 2. The summed E-state index contributed by atoms with van der Waals surface area (Å²) in [4.78, 5) is 4.42. The number of ether oxygens (including phenoxy) is 1. The van der Waals surface area contributed by atoms with Gasteiger partial charge in [-0.15, -0.1) is 0 Å². The minimum atomic E-state index is 0.324. The Labute approximate surface area is 132 Å². The van der Waals surface area contributed by atoms with Gasteiger partial charge in [0.1, 0.15) is 11.3 Å². The molecule has 1 unspecified atom stereocenters. The van der Waals surface area contributed by atoms with Crippen LogP contribution in [-0.4, -0.2) is 16.9 Å². The second-order valence-corrected chi connectivity index (χ2v) is 5.55. The lowest BCUT2D eigenvalue weighted by molar-refractivity contribution is 0.301. The number of nitrogens with zero attached hydrogens (tertiary/aromatic N) is 1. The molecule has 0 saturated heterocycles. The van der Waals surface area contributed by atoms with Crippen molar-refractivity contribution in [2.45, 2.75) is 5.92 Å².